The molecular formula is C6H12O2Si. The first-order valence-corrected chi connectivity index (χ1v) is 3.76. The fraction of sp³-hybridized carbons (Fsp3) is 0.667. The van der Waals surface area contributed by atoms with Crippen molar-refractivity contribution in [1.82, 2.24) is 0 Å². The highest BCUT2D eigenvalue weighted by atomic mass is 28.2. The Kier molecular flexibility index (Phi) is 4.66. The molecule has 0 heterocycles. The van der Waals surface area contributed by atoms with Gasteiger partial charge in [-0.1, -0.05) is 5.20 Å². The third kappa shape index (κ3) is 4.38. The molecule has 0 saturated heterocycles. The van der Waals surface area contributed by atoms with E-state index in [0.29, 0.717) is 9.52 Å². The van der Waals surface area contributed by atoms with Crippen LogP contribution in [0.25, 0.3) is 0 Å². The fourth-order valence-electron chi connectivity index (χ4n) is 0.415. The molecule has 0 atom stereocenters. The standard InChI is InChI=1S/C6H12O2Si/c1-5(2)9-6(7-3)8-4/h6H,1H2,2-4H3. The molecule has 0 aromatic heterocycles. The third-order valence-corrected chi connectivity index (χ3v) is 1.99. The van der Waals surface area contributed by atoms with Gasteiger partial charge in [0.25, 0.3) is 0 Å². The normalized spacial score (nSPS) is 10.2. The van der Waals surface area contributed by atoms with Crippen LogP contribution in [0.2, 0.25) is 0 Å². The summed E-state index contributed by atoms with van der Waals surface area (Å²) in [4.78, 5) is 0. The molecule has 0 amide bonds. The summed E-state index contributed by atoms with van der Waals surface area (Å²) in [5.74, 6) is -0.0949. The second kappa shape index (κ2) is 4.73. The van der Waals surface area contributed by atoms with E-state index < -0.39 is 0 Å². The highest BCUT2D eigenvalue weighted by molar-refractivity contribution is 6.45. The molecule has 52 valence electrons. The highest BCUT2D eigenvalue weighted by Gasteiger charge is 2.04. The van der Waals surface area contributed by atoms with Crippen molar-refractivity contribution >= 4 is 9.52 Å². The molecular weight excluding hydrogens is 132 g/mol. The predicted molar refractivity (Wildman–Crippen MR) is 38.4 cm³/mol. The molecule has 0 aromatic carbocycles. The molecule has 2 nitrogen and oxygen atoms in total. The molecule has 0 unspecified atom stereocenters. The van der Waals surface area contributed by atoms with Crippen molar-refractivity contribution in [2.24, 2.45) is 0 Å². The Labute approximate surface area is 58.7 Å². The molecule has 0 rings (SSSR count). The zero-order chi connectivity index (χ0) is 7.28. The zero-order valence-electron chi connectivity index (χ0n) is 6.10. The van der Waals surface area contributed by atoms with Crippen LogP contribution in [0.4, 0.5) is 0 Å². The lowest BCUT2D eigenvalue weighted by atomic mass is 10.8. The number of hydrogen-bond acceptors (Lipinski definition) is 2. The molecule has 0 aliphatic carbocycles. The molecule has 2 radical (unpaired) electrons. The predicted octanol–water partition coefficient (Wildman–Crippen LogP) is 0.801. The van der Waals surface area contributed by atoms with Gasteiger partial charge in [0.15, 0.2) is 9.52 Å². The van der Waals surface area contributed by atoms with E-state index in [1.807, 2.05) is 6.92 Å². The lowest BCUT2D eigenvalue weighted by Gasteiger charge is -2.10. The van der Waals surface area contributed by atoms with Crippen LogP contribution in [0.5, 0.6) is 0 Å². The molecule has 0 aliphatic rings. The van der Waals surface area contributed by atoms with Gasteiger partial charge in [-0.3, -0.25) is 0 Å². The largest absolute Gasteiger partial charge is 0.360 e. The topological polar surface area (TPSA) is 18.5 Å². The van der Waals surface area contributed by atoms with E-state index in [-0.39, 0.29) is 5.91 Å². The maximum absolute atomic E-state index is 4.94. The molecule has 0 saturated carbocycles. The minimum atomic E-state index is -0.0949. The minimum absolute atomic E-state index is 0.0949. The fourth-order valence-corrected chi connectivity index (χ4v) is 1.05. The summed E-state index contributed by atoms with van der Waals surface area (Å²) >= 11 is 0. The van der Waals surface area contributed by atoms with E-state index in [1.54, 1.807) is 14.2 Å². The summed E-state index contributed by atoms with van der Waals surface area (Å²) in [6, 6.07) is 0. The van der Waals surface area contributed by atoms with E-state index in [1.165, 1.54) is 0 Å². The first-order valence-electron chi connectivity index (χ1n) is 2.68. The quantitative estimate of drug-likeness (QED) is 0.429. The van der Waals surface area contributed by atoms with Crippen LogP contribution < -0.4 is 0 Å². The van der Waals surface area contributed by atoms with Gasteiger partial charge < -0.3 is 9.47 Å². The second-order valence-electron chi connectivity index (χ2n) is 1.73. The van der Waals surface area contributed by atoms with Crippen LogP contribution in [0.1, 0.15) is 6.92 Å². The number of hydrogen-bond donors (Lipinski definition) is 0. The molecule has 9 heavy (non-hydrogen) atoms. The van der Waals surface area contributed by atoms with Crippen molar-refractivity contribution in [3.8, 4) is 0 Å². The highest BCUT2D eigenvalue weighted by Crippen LogP contribution is 1.93. The smallest absolute Gasteiger partial charge is 0.151 e. The Morgan fingerprint density at radius 3 is 2.00 bits per heavy atom. The summed E-state index contributed by atoms with van der Waals surface area (Å²) < 4.78 is 9.88. The van der Waals surface area contributed by atoms with Crippen molar-refractivity contribution in [3.63, 3.8) is 0 Å². The van der Waals surface area contributed by atoms with Crippen LogP contribution in [0.15, 0.2) is 11.8 Å². The molecule has 0 spiro atoms. The first kappa shape index (κ1) is 8.88. The van der Waals surface area contributed by atoms with E-state index in [4.69, 9.17) is 9.47 Å². The van der Waals surface area contributed by atoms with Crippen molar-refractivity contribution in [3.05, 3.63) is 11.8 Å². The van der Waals surface area contributed by atoms with Gasteiger partial charge in [0.2, 0.25) is 0 Å². The monoisotopic (exact) mass is 144 g/mol. The Hall–Kier alpha value is -0.123. The van der Waals surface area contributed by atoms with E-state index in [0.717, 1.165) is 5.20 Å². The van der Waals surface area contributed by atoms with E-state index in [9.17, 15) is 0 Å². The second-order valence-corrected chi connectivity index (χ2v) is 3.34. The zero-order valence-corrected chi connectivity index (χ0v) is 7.10. The lowest BCUT2D eigenvalue weighted by Crippen LogP contribution is -2.21. The van der Waals surface area contributed by atoms with Gasteiger partial charge in [0.05, 0.1) is 0 Å². The van der Waals surface area contributed by atoms with E-state index >= 15 is 0 Å². The SMILES string of the molecule is C=C(C)[Si]C(OC)OC. The van der Waals surface area contributed by atoms with Crippen molar-refractivity contribution < 1.29 is 9.47 Å². The van der Waals surface area contributed by atoms with Gasteiger partial charge in [0.1, 0.15) is 5.91 Å². The average molecular weight is 144 g/mol. The molecule has 0 bridgehead atoms. The van der Waals surface area contributed by atoms with Crippen LogP contribution in [-0.4, -0.2) is 29.7 Å². The van der Waals surface area contributed by atoms with Crippen LogP contribution in [0.3, 0.4) is 0 Å². The van der Waals surface area contributed by atoms with Crippen molar-refractivity contribution in [2.45, 2.75) is 12.8 Å². The number of methoxy groups -OCH3 is 2. The Bertz CT molecular complexity index is 89.1. The summed E-state index contributed by atoms with van der Waals surface area (Å²) in [6.45, 7) is 5.70. The van der Waals surface area contributed by atoms with Gasteiger partial charge in [-0.05, 0) is 6.92 Å². The van der Waals surface area contributed by atoms with Gasteiger partial charge in [-0.15, -0.1) is 6.58 Å². The minimum Gasteiger partial charge on any atom is -0.360 e. The summed E-state index contributed by atoms with van der Waals surface area (Å²) in [7, 11) is 3.80. The molecule has 0 N–H and O–H groups in total. The first-order chi connectivity index (χ1) is 4.20. The third-order valence-electron chi connectivity index (χ3n) is 0.792. The van der Waals surface area contributed by atoms with Gasteiger partial charge in [-0.2, -0.15) is 0 Å². The van der Waals surface area contributed by atoms with Gasteiger partial charge in [0, 0.05) is 14.2 Å². The Morgan fingerprint density at radius 2 is 1.89 bits per heavy atom. The maximum Gasteiger partial charge on any atom is 0.151 e. The molecule has 0 fully saturated rings. The van der Waals surface area contributed by atoms with Crippen LogP contribution in [-0.2, 0) is 9.47 Å². The summed E-state index contributed by atoms with van der Waals surface area (Å²) in [5, 5.41) is 1.10. The Balaban J connectivity index is 3.43. The maximum atomic E-state index is 4.94. The van der Waals surface area contributed by atoms with Crippen LogP contribution >= 0.6 is 0 Å². The summed E-state index contributed by atoms with van der Waals surface area (Å²) in [6.07, 6.45) is 0. The van der Waals surface area contributed by atoms with Gasteiger partial charge in [-0.25, -0.2) is 0 Å². The molecule has 3 heteroatoms. The lowest BCUT2D eigenvalue weighted by molar-refractivity contribution is -0.0433. The summed E-state index contributed by atoms with van der Waals surface area (Å²) in [5.41, 5.74) is 0. The molecule has 0 aliphatic heterocycles. The van der Waals surface area contributed by atoms with Crippen LogP contribution in [0, 0.1) is 0 Å². The van der Waals surface area contributed by atoms with Crippen molar-refractivity contribution in [1.29, 1.82) is 0 Å². The molecule has 0 aromatic rings. The average Bonchev–Trinajstić information content (AvgIpc) is 1.82. The van der Waals surface area contributed by atoms with Crippen molar-refractivity contribution in [2.75, 3.05) is 14.2 Å². The number of rotatable bonds is 4. The number of ether oxygens (including phenoxy) is 2. The van der Waals surface area contributed by atoms with E-state index in [2.05, 4.69) is 6.58 Å². The Morgan fingerprint density at radius 1 is 1.44 bits per heavy atom. The van der Waals surface area contributed by atoms with Gasteiger partial charge >= 0.3 is 0 Å². The number of allylic oxidation sites excluding steroid dienone is 1.